The largest absolute Gasteiger partial charge is 0.756 e. The number of phosphoric acid groups is 1. The number of quaternary nitrogens is 1. The maximum Gasteiger partial charge on any atom is 0.262 e. The summed E-state index contributed by atoms with van der Waals surface area (Å²) in [5.74, 6) is 0. The molecule has 32 heavy (non-hydrogen) atoms. The number of hydrogen-bond donors (Lipinski definition) is 2. The smallest absolute Gasteiger partial charge is 0.262 e. The van der Waals surface area contributed by atoms with Crippen molar-refractivity contribution in [2.45, 2.75) is 142 Å². The summed E-state index contributed by atoms with van der Waals surface area (Å²) < 4.78 is 10.0. The van der Waals surface area contributed by atoms with E-state index in [0.29, 0.717) is 0 Å². The minimum absolute atomic E-state index is 1.24. The van der Waals surface area contributed by atoms with E-state index in [4.69, 9.17) is 19.2 Å². The summed E-state index contributed by atoms with van der Waals surface area (Å²) in [7, 11) is 0.00290. The van der Waals surface area contributed by atoms with Gasteiger partial charge in [-0.05, 0) is 25.7 Å². The van der Waals surface area contributed by atoms with E-state index in [9.17, 15) is 0 Å². The van der Waals surface area contributed by atoms with Crippen molar-refractivity contribution in [3.8, 4) is 0 Å². The van der Waals surface area contributed by atoms with Gasteiger partial charge in [-0.3, -0.25) is 4.57 Å². The van der Waals surface area contributed by atoms with Gasteiger partial charge in [0.25, 0.3) is 7.82 Å². The molecular weight excluding hydrogens is 421 g/mol. The highest BCUT2D eigenvalue weighted by Crippen LogP contribution is 2.19. The van der Waals surface area contributed by atoms with Gasteiger partial charge in [-0.1, -0.05) is 117 Å². The summed E-state index contributed by atoms with van der Waals surface area (Å²) in [5.41, 5.74) is 0. The molecule has 0 aromatic heterocycles. The lowest BCUT2D eigenvalue weighted by atomic mass is 10.1. The molecule has 0 unspecified atom stereocenters. The third-order valence-electron chi connectivity index (χ3n) is 6.23. The average molecular weight is 480 g/mol. The molecule has 0 heterocycles. The highest BCUT2D eigenvalue weighted by Gasteiger charge is 2.13. The Labute approximate surface area is 201 Å². The summed E-state index contributed by atoms with van der Waals surface area (Å²) in [6, 6.07) is 0. The molecule has 0 amide bonds. The Hall–Kier alpha value is 0.0700. The lowest BCUT2D eigenvalue weighted by Crippen LogP contribution is -2.41. The van der Waals surface area contributed by atoms with Crippen LogP contribution in [0.1, 0.15) is 142 Å². The second-order valence-corrected chi connectivity index (χ2v) is 11.2. The molecule has 2 N–H and O–H groups in total. The van der Waals surface area contributed by atoms with Gasteiger partial charge in [0.15, 0.2) is 0 Å². The first-order valence-corrected chi connectivity index (χ1v) is 15.2. The van der Waals surface area contributed by atoms with E-state index < -0.39 is 7.82 Å². The molecule has 0 saturated carbocycles. The zero-order valence-electron chi connectivity index (χ0n) is 22.2. The quantitative estimate of drug-likeness (QED) is 0.0966. The fourth-order valence-electron chi connectivity index (χ4n) is 4.17. The Morgan fingerprint density at radius 2 is 0.719 bits per heavy atom. The van der Waals surface area contributed by atoms with Crippen LogP contribution < -0.4 is 4.89 Å². The average Bonchev–Trinajstić information content (AvgIpc) is 2.69. The van der Waals surface area contributed by atoms with Gasteiger partial charge in [-0.15, -0.1) is 0 Å². The molecule has 5 nitrogen and oxygen atoms in total. The molecule has 0 atom stereocenters. The van der Waals surface area contributed by atoms with Gasteiger partial charge in [0.2, 0.25) is 0 Å². The monoisotopic (exact) mass is 479 g/mol. The zero-order valence-corrected chi connectivity index (χ0v) is 23.1. The van der Waals surface area contributed by atoms with Crippen LogP contribution in [0.15, 0.2) is 0 Å². The van der Waals surface area contributed by atoms with E-state index in [1.807, 2.05) is 0 Å². The van der Waals surface area contributed by atoms with Crippen molar-refractivity contribution in [2.75, 3.05) is 27.2 Å². The SMILES string of the molecule is CCCCCCCCCCCC[N+](C)(C)CCCCCCCCCCCC.O=P([O-])(O)O. The summed E-state index contributed by atoms with van der Waals surface area (Å²) in [6.45, 7) is 7.37. The Balaban J connectivity index is 0. The van der Waals surface area contributed by atoms with Crippen LogP contribution in [0.25, 0.3) is 0 Å². The molecule has 0 spiro atoms. The molecule has 6 heteroatoms. The molecule has 0 aliphatic heterocycles. The maximum absolute atomic E-state index is 8.77. The molecule has 0 radical (unpaired) electrons. The Kier molecular flexibility index (Phi) is 25.9. The van der Waals surface area contributed by atoms with Crippen LogP contribution >= 0.6 is 7.82 Å². The van der Waals surface area contributed by atoms with Gasteiger partial charge in [0.05, 0.1) is 27.2 Å². The Morgan fingerprint density at radius 1 is 0.531 bits per heavy atom. The van der Waals surface area contributed by atoms with Crippen LogP contribution in [0.3, 0.4) is 0 Å². The van der Waals surface area contributed by atoms with E-state index in [0.717, 1.165) is 0 Å². The Bertz CT molecular complexity index is 378. The summed E-state index contributed by atoms with van der Waals surface area (Å²) in [5, 5.41) is 0. The van der Waals surface area contributed by atoms with Crippen molar-refractivity contribution in [1.82, 2.24) is 0 Å². The molecular formula is C26H58NO4P. The minimum Gasteiger partial charge on any atom is -0.756 e. The van der Waals surface area contributed by atoms with Crippen LogP contribution in [0.2, 0.25) is 0 Å². The predicted octanol–water partition coefficient (Wildman–Crippen LogP) is 7.34. The van der Waals surface area contributed by atoms with Crippen LogP contribution in [-0.4, -0.2) is 41.5 Å². The number of rotatable bonds is 22. The first-order valence-electron chi connectivity index (χ1n) is 13.7. The number of nitrogens with zero attached hydrogens (tertiary/aromatic N) is 1. The molecule has 0 bridgehead atoms. The highest BCUT2D eigenvalue weighted by atomic mass is 31.2. The Morgan fingerprint density at radius 3 is 0.938 bits per heavy atom. The fourth-order valence-corrected chi connectivity index (χ4v) is 4.17. The van der Waals surface area contributed by atoms with E-state index in [1.54, 1.807) is 0 Å². The molecule has 0 saturated heterocycles. The lowest BCUT2D eigenvalue weighted by molar-refractivity contribution is -0.890. The first kappa shape index (κ1) is 34.2. The van der Waals surface area contributed by atoms with E-state index in [2.05, 4.69) is 27.9 Å². The lowest BCUT2D eigenvalue weighted by Gasteiger charge is -2.30. The van der Waals surface area contributed by atoms with Crippen molar-refractivity contribution >= 4 is 7.82 Å². The van der Waals surface area contributed by atoms with Gasteiger partial charge in [-0.2, -0.15) is 0 Å². The first-order chi connectivity index (χ1) is 15.1. The number of unbranched alkanes of at least 4 members (excludes halogenated alkanes) is 18. The third kappa shape index (κ3) is 37.4. The van der Waals surface area contributed by atoms with Gasteiger partial charge in [0, 0.05) is 0 Å². The summed E-state index contributed by atoms with van der Waals surface area (Å²) >= 11 is 0. The van der Waals surface area contributed by atoms with Crippen LogP contribution in [-0.2, 0) is 4.57 Å². The second kappa shape index (κ2) is 24.2. The van der Waals surface area contributed by atoms with E-state index in [1.165, 1.54) is 146 Å². The van der Waals surface area contributed by atoms with Crippen molar-refractivity contribution in [1.29, 1.82) is 0 Å². The van der Waals surface area contributed by atoms with Gasteiger partial charge < -0.3 is 19.2 Å². The van der Waals surface area contributed by atoms with E-state index in [-0.39, 0.29) is 0 Å². The van der Waals surface area contributed by atoms with E-state index >= 15 is 0 Å². The van der Waals surface area contributed by atoms with Gasteiger partial charge in [-0.25, -0.2) is 0 Å². The zero-order chi connectivity index (χ0) is 24.6. The molecule has 0 aliphatic carbocycles. The standard InChI is InChI=1S/C26H56N.H3O4P/c1-5-7-9-11-13-15-17-19-21-23-25-27(3,4)26-24-22-20-18-16-14-12-10-8-6-2;1-5(2,3)4/h5-26H2,1-4H3;(H3,1,2,3,4)/q+1;/p-1. The van der Waals surface area contributed by atoms with Gasteiger partial charge in [0.1, 0.15) is 0 Å². The molecule has 0 aromatic rings. The minimum atomic E-state index is -4.89. The second-order valence-electron chi connectivity index (χ2n) is 10.2. The molecule has 0 rings (SSSR count). The van der Waals surface area contributed by atoms with Crippen LogP contribution in [0.4, 0.5) is 0 Å². The molecule has 0 fully saturated rings. The van der Waals surface area contributed by atoms with Crippen molar-refractivity contribution in [3.63, 3.8) is 0 Å². The van der Waals surface area contributed by atoms with Crippen molar-refractivity contribution in [3.05, 3.63) is 0 Å². The highest BCUT2D eigenvalue weighted by molar-refractivity contribution is 7.43. The van der Waals surface area contributed by atoms with Crippen molar-refractivity contribution < 1.29 is 23.7 Å². The number of hydrogen-bond acceptors (Lipinski definition) is 2. The molecule has 0 aromatic carbocycles. The topological polar surface area (TPSA) is 80.6 Å². The molecule has 0 aliphatic rings. The third-order valence-corrected chi connectivity index (χ3v) is 6.23. The predicted molar refractivity (Wildman–Crippen MR) is 138 cm³/mol. The van der Waals surface area contributed by atoms with Crippen molar-refractivity contribution in [2.24, 2.45) is 0 Å². The maximum atomic E-state index is 8.77. The van der Waals surface area contributed by atoms with Gasteiger partial charge >= 0.3 is 0 Å². The summed E-state index contributed by atoms with van der Waals surface area (Å²) in [6.07, 6.45) is 29.0. The fraction of sp³-hybridized carbons (Fsp3) is 1.00. The van der Waals surface area contributed by atoms with Crippen LogP contribution in [0, 0.1) is 0 Å². The molecule has 196 valence electrons. The normalized spacial score (nSPS) is 12.0. The van der Waals surface area contributed by atoms with Crippen LogP contribution in [0.5, 0.6) is 0 Å². The summed E-state index contributed by atoms with van der Waals surface area (Å²) in [4.78, 5) is 22.9.